The maximum Gasteiger partial charge on any atom is 0.244 e. The largest absolute Gasteiger partial charge is 0.497 e. The van der Waals surface area contributed by atoms with Crippen LogP contribution < -0.4 is 10.1 Å². The average Bonchev–Trinajstić information content (AvgIpc) is 3.13. The first-order chi connectivity index (χ1) is 13.1. The third-order valence-corrected chi connectivity index (χ3v) is 4.88. The molecule has 5 heteroatoms. The van der Waals surface area contributed by atoms with Crippen LogP contribution in [0.1, 0.15) is 16.1 Å². The van der Waals surface area contributed by atoms with Crippen molar-refractivity contribution in [2.45, 2.75) is 13.3 Å². The molecule has 0 unspecified atom stereocenters. The Bertz CT molecular complexity index is 929. The second kappa shape index (κ2) is 9.14. The SMILES string of the molecule is COc1cccc(/C=C/C(=O)NCCc2ccc(-c3csc(C)n3)cc2)c1. The van der Waals surface area contributed by atoms with E-state index in [1.165, 1.54) is 5.56 Å². The van der Waals surface area contributed by atoms with E-state index in [9.17, 15) is 4.79 Å². The zero-order chi connectivity index (χ0) is 19.1. The lowest BCUT2D eigenvalue weighted by molar-refractivity contribution is -0.116. The predicted octanol–water partition coefficient (Wildman–Crippen LogP) is 4.50. The van der Waals surface area contributed by atoms with Gasteiger partial charge in [-0.3, -0.25) is 4.79 Å². The zero-order valence-electron chi connectivity index (χ0n) is 15.4. The highest BCUT2D eigenvalue weighted by molar-refractivity contribution is 7.09. The number of benzene rings is 2. The Morgan fingerprint density at radius 3 is 2.74 bits per heavy atom. The molecular formula is C22H22N2O2S. The lowest BCUT2D eigenvalue weighted by atomic mass is 10.1. The second-order valence-electron chi connectivity index (χ2n) is 6.10. The predicted molar refractivity (Wildman–Crippen MR) is 111 cm³/mol. The number of hydrogen-bond acceptors (Lipinski definition) is 4. The molecule has 0 aliphatic carbocycles. The van der Waals surface area contributed by atoms with E-state index in [1.807, 2.05) is 31.2 Å². The van der Waals surface area contributed by atoms with Crippen LogP contribution in [0.5, 0.6) is 5.75 Å². The van der Waals surface area contributed by atoms with Crippen LogP contribution in [0.15, 0.2) is 60.0 Å². The standard InChI is InChI=1S/C22H22N2O2S/c1-16-24-21(15-27-16)19-9-6-17(7-10-19)12-13-23-22(25)11-8-18-4-3-5-20(14-18)26-2/h3-11,14-15H,12-13H2,1-2H3,(H,23,25)/b11-8+. The molecule has 0 saturated carbocycles. The van der Waals surface area contributed by atoms with Crippen LogP contribution in [-0.4, -0.2) is 24.5 Å². The quantitative estimate of drug-likeness (QED) is 0.616. The van der Waals surface area contributed by atoms with Crippen LogP contribution in [0.2, 0.25) is 0 Å². The van der Waals surface area contributed by atoms with E-state index in [1.54, 1.807) is 30.6 Å². The Balaban J connectivity index is 1.47. The van der Waals surface area contributed by atoms with Gasteiger partial charge in [-0.25, -0.2) is 4.98 Å². The summed E-state index contributed by atoms with van der Waals surface area (Å²) in [5.41, 5.74) is 4.24. The van der Waals surface area contributed by atoms with Crippen LogP contribution in [0, 0.1) is 6.92 Å². The van der Waals surface area contributed by atoms with E-state index >= 15 is 0 Å². The maximum atomic E-state index is 12.0. The summed E-state index contributed by atoms with van der Waals surface area (Å²) in [6.45, 7) is 2.60. The lowest BCUT2D eigenvalue weighted by Crippen LogP contribution is -2.23. The molecule has 3 rings (SSSR count). The summed E-state index contributed by atoms with van der Waals surface area (Å²) in [6.07, 6.45) is 4.11. The molecule has 4 nitrogen and oxygen atoms in total. The first kappa shape index (κ1) is 18.9. The summed E-state index contributed by atoms with van der Waals surface area (Å²) in [4.78, 5) is 16.5. The summed E-state index contributed by atoms with van der Waals surface area (Å²) in [5, 5.41) is 6.05. The maximum absolute atomic E-state index is 12.0. The molecule has 0 atom stereocenters. The number of aryl methyl sites for hydroxylation is 1. The fourth-order valence-corrected chi connectivity index (χ4v) is 3.27. The number of hydrogen-bond donors (Lipinski definition) is 1. The summed E-state index contributed by atoms with van der Waals surface area (Å²) < 4.78 is 5.18. The van der Waals surface area contributed by atoms with Crippen molar-refractivity contribution in [1.82, 2.24) is 10.3 Å². The number of rotatable bonds is 7. The van der Waals surface area contributed by atoms with E-state index in [4.69, 9.17) is 4.74 Å². The molecular weight excluding hydrogens is 356 g/mol. The minimum absolute atomic E-state index is 0.104. The third-order valence-electron chi connectivity index (χ3n) is 4.10. The van der Waals surface area contributed by atoms with E-state index in [-0.39, 0.29) is 5.91 Å². The van der Waals surface area contributed by atoms with Crippen LogP contribution in [0.25, 0.3) is 17.3 Å². The lowest BCUT2D eigenvalue weighted by Gasteiger charge is -2.04. The normalized spacial score (nSPS) is 10.9. The van der Waals surface area contributed by atoms with Gasteiger partial charge in [-0.1, -0.05) is 36.4 Å². The molecule has 1 amide bonds. The zero-order valence-corrected chi connectivity index (χ0v) is 16.3. The molecule has 2 aromatic carbocycles. The highest BCUT2D eigenvalue weighted by Crippen LogP contribution is 2.21. The van der Waals surface area contributed by atoms with E-state index in [2.05, 4.69) is 39.9 Å². The van der Waals surface area contributed by atoms with Crippen molar-refractivity contribution in [1.29, 1.82) is 0 Å². The number of thiazole rings is 1. The number of carbonyl (C=O) groups excluding carboxylic acids is 1. The van der Waals surface area contributed by atoms with Crippen LogP contribution in [-0.2, 0) is 11.2 Å². The van der Waals surface area contributed by atoms with E-state index < -0.39 is 0 Å². The van der Waals surface area contributed by atoms with Crippen molar-refractivity contribution in [2.24, 2.45) is 0 Å². The van der Waals surface area contributed by atoms with Gasteiger partial charge in [-0.05, 0) is 42.7 Å². The van der Waals surface area contributed by atoms with Crippen LogP contribution >= 0.6 is 11.3 Å². The van der Waals surface area contributed by atoms with Crippen molar-refractivity contribution in [3.8, 4) is 17.0 Å². The van der Waals surface area contributed by atoms with Crippen LogP contribution in [0.4, 0.5) is 0 Å². The second-order valence-corrected chi connectivity index (χ2v) is 7.16. The molecule has 0 radical (unpaired) electrons. The number of nitrogens with one attached hydrogen (secondary N) is 1. The summed E-state index contributed by atoms with van der Waals surface area (Å²) in [5.74, 6) is 0.668. The third kappa shape index (κ3) is 5.53. The minimum Gasteiger partial charge on any atom is -0.497 e. The number of methoxy groups -OCH3 is 1. The Morgan fingerprint density at radius 1 is 1.22 bits per heavy atom. The summed E-state index contributed by atoms with van der Waals surface area (Å²) in [7, 11) is 1.62. The molecule has 0 aliphatic heterocycles. The fourth-order valence-electron chi connectivity index (χ4n) is 2.64. The van der Waals surface area contributed by atoms with Crippen molar-refractivity contribution in [2.75, 3.05) is 13.7 Å². The monoisotopic (exact) mass is 378 g/mol. The van der Waals surface area contributed by atoms with Gasteiger partial charge in [0.15, 0.2) is 0 Å². The first-order valence-corrected chi connectivity index (χ1v) is 9.63. The van der Waals surface area contributed by atoms with Gasteiger partial charge in [0.05, 0.1) is 17.8 Å². The number of ether oxygens (including phenoxy) is 1. The highest BCUT2D eigenvalue weighted by Gasteiger charge is 2.02. The smallest absolute Gasteiger partial charge is 0.244 e. The first-order valence-electron chi connectivity index (χ1n) is 8.75. The van der Waals surface area contributed by atoms with Gasteiger partial charge in [0.1, 0.15) is 5.75 Å². The number of nitrogens with zero attached hydrogens (tertiary/aromatic N) is 1. The highest BCUT2D eigenvalue weighted by atomic mass is 32.1. The minimum atomic E-state index is -0.104. The molecule has 1 heterocycles. The molecule has 0 spiro atoms. The Morgan fingerprint density at radius 2 is 2.04 bits per heavy atom. The van der Waals surface area contributed by atoms with Gasteiger partial charge in [-0.15, -0.1) is 11.3 Å². The van der Waals surface area contributed by atoms with E-state index in [0.717, 1.165) is 34.0 Å². The van der Waals surface area contributed by atoms with Gasteiger partial charge in [0, 0.05) is 23.6 Å². The number of aromatic nitrogens is 1. The Kier molecular flexibility index (Phi) is 6.39. The van der Waals surface area contributed by atoms with Gasteiger partial charge < -0.3 is 10.1 Å². The molecule has 1 N–H and O–H groups in total. The van der Waals surface area contributed by atoms with E-state index in [0.29, 0.717) is 6.54 Å². The summed E-state index contributed by atoms with van der Waals surface area (Å²) >= 11 is 1.65. The molecule has 0 fully saturated rings. The molecule has 27 heavy (non-hydrogen) atoms. The average molecular weight is 378 g/mol. The van der Waals surface area contributed by atoms with Crippen molar-refractivity contribution in [3.63, 3.8) is 0 Å². The van der Waals surface area contributed by atoms with Crippen molar-refractivity contribution >= 4 is 23.3 Å². The van der Waals surface area contributed by atoms with Gasteiger partial charge in [-0.2, -0.15) is 0 Å². The van der Waals surface area contributed by atoms with Crippen molar-refractivity contribution in [3.05, 3.63) is 76.1 Å². The summed E-state index contributed by atoms with van der Waals surface area (Å²) in [6, 6.07) is 15.9. The molecule has 0 aliphatic rings. The Labute approximate surface area is 163 Å². The molecule has 0 saturated heterocycles. The molecule has 3 aromatic rings. The van der Waals surface area contributed by atoms with Gasteiger partial charge in [0.25, 0.3) is 0 Å². The van der Waals surface area contributed by atoms with Gasteiger partial charge >= 0.3 is 0 Å². The van der Waals surface area contributed by atoms with Crippen molar-refractivity contribution < 1.29 is 9.53 Å². The molecule has 138 valence electrons. The molecule has 1 aromatic heterocycles. The fraction of sp³-hybridized carbons (Fsp3) is 0.182. The van der Waals surface area contributed by atoms with Gasteiger partial charge in [0.2, 0.25) is 5.91 Å². The Hall–Kier alpha value is -2.92. The number of carbonyl (C=O) groups is 1. The molecule has 0 bridgehead atoms. The number of amides is 1. The van der Waals surface area contributed by atoms with Crippen LogP contribution in [0.3, 0.4) is 0 Å². The topological polar surface area (TPSA) is 51.2 Å².